The first-order chi connectivity index (χ1) is 17.4. The number of oxazole rings is 1. The number of carboxylic acids is 1. The molecule has 0 fully saturated rings. The van der Waals surface area contributed by atoms with Gasteiger partial charge in [-0.05, 0) is 48.4 Å². The minimum Gasteiger partial charge on any atom is -0.493 e. The summed E-state index contributed by atoms with van der Waals surface area (Å²) in [5, 5.41) is 13.5. The van der Waals surface area contributed by atoms with E-state index in [1.54, 1.807) is 6.07 Å². The maximum atomic E-state index is 11.9. The van der Waals surface area contributed by atoms with E-state index in [0.29, 0.717) is 36.2 Å². The normalized spacial score (nSPS) is 12.8. The van der Waals surface area contributed by atoms with Crippen molar-refractivity contribution in [1.82, 2.24) is 10.3 Å². The second kappa shape index (κ2) is 11.9. The number of rotatable bonds is 11. The van der Waals surface area contributed by atoms with E-state index in [1.165, 1.54) is 0 Å². The molecule has 0 amide bonds. The lowest BCUT2D eigenvalue weighted by atomic mass is 9.93. The molecule has 2 N–H and O–H groups in total. The minimum atomic E-state index is -0.910. The van der Waals surface area contributed by atoms with Crippen molar-refractivity contribution < 1.29 is 19.1 Å². The third kappa shape index (κ3) is 6.33. The zero-order valence-electron chi connectivity index (χ0n) is 20.3. The average molecular weight is 505 g/mol. The fourth-order valence-electron chi connectivity index (χ4n) is 4.03. The number of nitrogens with zero attached hydrogens (tertiary/aromatic N) is 1. The van der Waals surface area contributed by atoms with Crippen LogP contribution in [0.15, 0.2) is 83.3 Å². The van der Waals surface area contributed by atoms with Crippen LogP contribution in [-0.4, -0.2) is 28.7 Å². The molecule has 4 rings (SSSR count). The van der Waals surface area contributed by atoms with Gasteiger partial charge in [-0.25, -0.2) is 4.98 Å². The van der Waals surface area contributed by atoms with Crippen LogP contribution in [0, 0.1) is 6.92 Å². The number of nitrogens with one attached hydrogen (secondary N) is 1. The van der Waals surface area contributed by atoms with E-state index in [9.17, 15) is 9.90 Å². The summed E-state index contributed by atoms with van der Waals surface area (Å²) in [6, 6.07) is 24.0. The van der Waals surface area contributed by atoms with Gasteiger partial charge in [0.2, 0.25) is 5.89 Å². The van der Waals surface area contributed by atoms with E-state index < -0.39 is 12.0 Å². The SMILES string of the molecule is Cc1oc(-c2ccccc2)nc1CCOc1ccc(C(C)C(NCc2ccccc2Cl)C(=O)O)cc1. The van der Waals surface area contributed by atoms with Crippen molar-refractivity contribution in [1.29, 1.82) is 0 Å². The van der Waals surface area contributed by atoms with Gasteiger partial charge in [-0.3, -0.25) is 10.1 Å². The van der Waals surface area contributed by atoms with Crippen molar-refractivity contribution in [3.8, 4) is 17.2 Å². The van der Waals surface area contributed by atoms with Crippen molar-refractivity contribution in [2.24, 2.45) is 0 Å². The molecule has 0 aliphatic carbocycles. The van der Waals surface area contributed by atoms with Crippen molar-refractivity contribution in [3.05, 3.63) is 106 Å². The Kier molecular flexibility index (Phi) is 8.41. The fraction of sp³-hybridized carbons (Fsp3) is 0.241. The van der Waals surface area contributed by atoms with Gasteiger partial charge in [0, 0.05) is 29.5 Å². The summed E-state index contributed by atoms with van der Waals surface area (Å²) in [5.74, 6) is 0.940. The summed E-state index contributed by atoms with van der Waals surface area (Å²) >= 11 is 6.21. The first-order valence-electron chi connectivity index (χ1n) is 11.9. The number of hydrogen-bond acceptors (Lipinski definition) is 5. The number of carbonyl (C=O) groups is 1. The third-order valence-corrected chi connectivity index (χ3v) is 6.53. The number of benzene rings is 3. The highest BCUT2D eigenvalue weighted by Gasteiger charge is 2.25. The van der Waals surface area contributed by atoms with Gasteiger partial charge in [-0.2, -0.15) is 0 Å². The minimum absolute atomic E-state index is 0.256. The van der Waals surface area contributed by atoms with E-state index >= 15 is 0 Å². The molecule has 6 nitrogen and oxygen atoms in total. The van der Waals surface area contributed by atoms with Gasteiger partial charge in [0.25, 0.3) is 0 Å². The van der Waals surface area contributed by atoms with Crippen LogP contribution in [0.25, 0.3) is 11.5 Å². The Bertz CT molecular complexity index is 1290. The molecular weight excluding hydrogens is 476 g/mol. The van der Waals surface area contributed by atoms with Gasteiger partial charge in [-0.1, -0.05) is 67.1 Å². The van der Waals surface area contributed by atoms with Gasteiger partial charge in [0.1, 0.15) is 17.6 Å². The van der Waals surface area contributed by atoms with Crippen molar-refractivity contribution in [3.63, 3.8) is 0 Å². The number of ether oxygens (including phenoxy) is 1. The molecule has 0 bridgehead atoms. The van der Waals surface area contributed by atoms with Crippen LogP contribution >= 0.6 is 11.6 Å². The van der Waals surface area contributed by atoms with E-state index in [4.69, 9.17) is 20.8 Å². The smallest absolute Gasteiger partial charge is 0.321 e. The second-order valence-electron chi connectivity index (χ2n) is 8.63. The molecule has 1 aromatic heterocycles. The van der Waals surface area contributed by atoms with Gasteiger partial charge in [0.15, 0.2) is 0 Å². The summed E-state index contributed by atoms with van der Waals surface area (Å²) in [4.78, 5) is 16.6. The summed E-state index contributed by atoms with van der Waals surface area (Å²) in [7, 11) is 0. The van der Waals surface area contributed by atoms with Gasteiger partial charge < -0.3 is 14.3 Å². The van der Waals surface area contributed by atoms with E-state index in [2.05, 4.69) is 10.3 Å². The molecule has 4 aromatic rings. The van der Waals surface area contributed by atoms with Crippen LogP contribution in [-0.2, 0) is 17.8 Å². The standard InChI is InChI=1S/C29H29ClN2O4/c1-19(27(29(33)34)31-18-23-10-6-7-11-25(23)30)21-12-14-24(15-13-21)35-17-16-26-20(2)36-28(32-26)22-8-4-3-5-9-22/h3-15,19,27,31H,16-18H2,1-2H3,(H,33,34). The molecular formula is C29H29ClN2O4. The van der Waals surface area contributed by atoms with Crippen molar-refractivity contribution >= 4 is 17.6 Å². The summed E-state index contributed by atoms with van der Waals surface area (Å²) < 4.78 is 11.7. The van der Waals surface area contributed by atoms with Crippen LogP contribution in [0.3, 0.4) is 0 Å². The van der Waals surface area contributed by atoms with E-state index in [-0.39, 0.29) is 5.92 Å². The topological polar surface area (TPSA) is 84.6 Å². The Morgan fingerprint density at radius 2 is 1.75 bits per heavy atom. The predicted molar refractivity (Wildman–Crippen MR) is 140 cm³/mol. The van der Waals surface area contributed by atoms with Crippen LogP contribution in [0.1, 0.15) is 35.4 Å². The van der Waals surface area contributed by atoms with Gasteiger partial charge in [0.05, 0.1) is 12.3 Å². The van der Waals surface area contributed by atoms with Crippen molar-refractivity contribution in [2.45, 2.75) is 38.8 Å². The first-order valence-corrected chi connectivity index (χ1v) is 12.2. The summed E-state index contributed by atoms with van der Waals surface area (Å²) in [5.41, 5.74) is 3.58. The van der Waals surface area contributed by atoms with Crippen molar-refractivity contribution in [2.75, 3.05) is 6.61 Å². The highest BCUT2D eigenvalue weighted by Crippen LogP contribution is 2.25. The highest BCUT2D eigenvalue weighted by molar-refractivity contribution is 6.31. The van der Waals surface area contributed by atoms with Crippen LogP contribution < -0.4 is 10.1 Å². The zero-order chi connectivity index (χ0) is 25.5. The number of hydrogen-bond donors (Lipinski definition) is 2. The number of aliphatic carboxylic acids is 1. The first kappa shape index (κ1) is 25.5. The Hall–Kier alpha value is -3.61. The molecule has 36 heavy (non-hydrogen) atoms. The molecule has 7 heteroatoms. The van der Waals surface area contributed by atoms with E-state index in [0.717, 1.165) is 28.1 Å². The second-order valence-corrected chi connectivity index (χ2v) is 9.04. The fourth-order valence-corrected chi connectivity index (χ4v) is 4.23. The lowest BCUT2D eigenvalue weighted by molar-refractivity contribution is -0.140. The maximum Gasteiger partial charge on any atom is 0.321 e. The number of aromatic nitrogens is 1. The maximum absolute atomic E-state index is 11.9. The Morgan fingerprint density at radius 1 is 1.06 bits per heavy atom. The molecule has 2 unspecified atom stereocenters. The quantitative estimate of drug-likeness (QED) is 0.250. The Balaban J connectivity index is 1.33. The molecule has 0 saturated heterocycles. The molecule has 0 saturated carbocycles. The average Bonchev–Trinajstić information content (AvgIpc) is 3.26. The number of aryl methyl sites for hydroxylation is 1. The predicted octanol–water partition coefficient (Wildman–Crippen LogP) is 6.27. The molecule has 3 aromatic carbocycles. The Morgan fingerprint density at radius 3 is 2.44 bits per heavy atom. The van der Waals surface area contributed by atoms with Crippen LogP contribution in [0.4, 0.5) is 0 Å². The number of carboxylic acid groups (broad SMARTS) is 1. The van der Waals surface area contributed by atoms with Crippen LogP contribution in [0.2, 0.25) is 5.02 Å². The molecule has 0 aliphatic heterocycles. The van der Waals surface area contributed by atoms with Gasteiger partial charge >= 0.3 is 5.97 Å². The summed E-state index contributed by atoms with van der Waals surface area (Å²) in [6.07, 6.45) is 0.618. The Labute approximate surface area is 215 Å². The summed E-state index contributed by atoms with van der Waals surface area (Å²) in [6.45, 7) is 4.62. The molecule has 0 aliphatic rings. The molecule has 0 spiro atoms. The molecule has 1 heterocycles. The monoisotopic (exact) mass is 504 g/mol. The van der Waals surface area contributed by atoms with Gasteiger partial charge in [-0.15, -0.1) is 0 Å². The largest absolute Gasteiger partial charge is 0.493 e. The third-order valence-electron chi connectivity index (χ3n) is 6.16. The number of halogens is 1. The molecule has 186 valence electrons. The van der Waals surface area contributed by atoms with E-state index in [1.807, 2.05) is 86.6 Å². The molecule has 2 atom stereocenters. The zero-order valence-corrected chi connectivity index (χ0v) is 21.0. The lowest BCUT2D eigenvalue weighted by Gasteiger charge is -2.22. The molecule has 0 radical (unpaired) electrons. The van der Waals surface area contributed by atoms with Crippen LogP contribution in [0.5, 0.6) is 5.75 Å². The highest BCUT2D eigenvalue weighted by atomic mass is 35.5. The lowest BCUT2D eigenvalue weighted by Crippen LogP contribution is -2.40.